The number of nitrogens with zero attached hydrogens (tertiary/aromatic N) is 4. The van der Waals surface area contributed by atoms with Gasteiger partial charge in [-0.15, -0.1) is 0 Å². The minimum Gasteiger partial charge on any atom is -0.333 e. The fraction of sp³-hybridized carbons (Fsp3) is 0.100. The molecule has 2 rings (SSSR count). The first-order chi connectivity index (χ1) is 6.88. The lowest BCUT2D eigenvalue weighted by molar-refractivity contribution is 0.797. The summed E-state index contributed by atoms with van der Waals surface area (Å²) in [6.07, 6.45) is 5.42. The van der Waals surface area contributed by atoms with E-state index in [-0.39, 0.29) is 0 Å². The Bertz CT molecular complexity index is 436. The van der Waals surface area contributed by atoms with Crippen molar-refractivity contribution in [2.75, 3.05) is 0 Å². The van der Waals surface area contributed by atoms with E-state index in [1.54, 1.807) is 24.7 Å². The van der Waals surface area contributed by atoms with E-state index in [2.05, 4.69) is 9.96 Å². The molecule has 0 saturated heterocycles. The molecule has 2 aromatic rings. The Labute approximate surface area is 81.5 Å². The number of hydrogen-bond donors (Lipinski definition) is 0. The Morgan fingerprint density at radius 2 is 2.07 bits per heavy atom. The van der Waals surface area contributed by atoms with E-state index < -0.39 is 0 Å². The first-order valence-electron chi connectivity index (χ1n) is 4.28. The van der Waals surface area contributed by atoms with Crippen LogP contribution in [0.4, 0.5) is 5.69 Å². The molecule has 0 amide bonds. The summed E-state index contributed by atoms with van der Waals surface area (Å²) in [6.45, 7) is 0.783. The fourth-order valence-electron chi connectivity index (χ4n) is 1.26. The molecule has 0 fully saturated rings. The molecule has 68 valence electrons. The topological polar surface area (TPSA) is 46.0 Å². The maximum absolute atomic E-state index is 8.49. The van der Waals surface area contributed by atoms with E-state index >= 15 is 0 Å². The van der Waals surface area contributed by atoms with Crippen LogP contribution in [0.25, 0.3) is 4.98 Å². The quantitative estimate of drug-likeness (QED) is 0.674. The standard InChI is InChI=1S/C10H9N4/c11-13-10-3-1-9(2-4-10)7-14-6-5-12-8-14/h1-6,8H,7H2/q+1. The molecule has 4 heteroatoms. The maximum atomic E-state index is 8.49. The molecule has 0 aliphatic rings. The van der Waals surface area contributed by atoms with E-state index in [1.807, 2.05) is 22.9 Å². The molecule has 1 heterocycles. The van der Waals surface area contributed by atoms with Crippen molar-refractivity contribution >= 4 is 5.69 Å². The van der Waals surface area contributed by atoms with E-state index in [0.717, 1.165) is 12.1 Å². The van der Waals surface area contributed by atoms with E-state index in [4.69, 9.17) is 5.39 Å². The second kappa shape index (κ2) is 3.71. The monoisotopic (exact) mass is 185 g/mol. The van der Waals surface area contributed by atoms with Gasteiger partial charge in [-0.25, -0.2) is 4.98 Å². The molecular weight excluding hydrogens is 176 g/mol. The van der Waals surface area contributed by atoms with Gasteiger partial charge in [0.1, 0.15) is 0 Å². The van der Waals surface area contributed by atoms with Crippen molar-refractivity contribution in [1.29, 1.82) is 5.39 Å². The predicted octanol–water partition coefficient (Wildman–Crippen LogP) is 2.42. The molecule has 4 nitrogen and oxygen atoms in total. The van der Waals surface area contributed by atoms with Gasteiger partial charge in [0.2, 0.25) is 5.39 Å². The molecular formula is C10H9N4+. The van der Waals surface area contributed by atoms with Crippen LogP contribution in [0, 0.1) is 5.39 Å². The van der Waals surface area contributed by atoms with E-state index in [1.165, 1.54) is 0 Å². The molecule has 0 radical (unpaired) electrons. The van der Waals surface area contributed by atoms with Crippen molar-refractivity contribution < 1.29 is 0 Å². The van der Waals surface area contributed by atoms with Gasteiger partial charge >= 0.3 is 5.69 Å². The first kappa shape index (κ1) is 8.45. The van der Waals surface area contributed by atoms with Gasteiger partial charge in [0.05, 0.1) is 6.33 Å². The van der Waals surface area contributed by atoms with Gasteiger partial charge in [-0.2, -0.15) is 0 Å². The van der Waals surface area contributed by atoms with Crippen molar-refractivity contribution in [2.45, 2.75) is 6.54 Å². The first-order valence-corrected chi connectivity index (χ1v) is 4.28. The minimum atomic E-state index is 0.569. The summed E-state index contributed by atoms with van der Waals surface area (Å²) in [4.78, 5) is 7.05. The zero-order valence-electron chi connectivity index (χ0n) is 7.54. The van der Waals surface area contributed by atoms with Crippen LogP contribution >= 0.6 is 0 Å². The van der Waals surface area contributed by atoms with Gasteiger partial charge in [-0.1, -0.05) is 0 Å². The second-order valence-corrected chi connectivity index (χ2v) is 3.00. The zero-order valence-corrected chi connectivity index (χ0v) is 7.54. The number of diazo groups is 1. The van der Waals surface area contributed by atoms with Crippen molar-refractivity contribution in [3.8, 4) is 0 Å². The molecule has 0 aliphatic heterocycles. The molecule has 0 saturated carbocycles. The van der Waals surface area contributed by atoms with Crippen LogP contribution < -0.4 is 0 Å². The van der Waals surface area contributed by atoms with Gasteiger partial charge < -0.3 is 4.57 Å². The predicted molar refractivity (Wildman–Crippen MR) is 52.5 cm³/mol. The SMILES string of the molecule is N#[N+]c1ccc(Cn2ccnc2)cc1. The van der Waals surface area contributed by atoms with Crippen molar-refractivity contribution in [2.24, 2.45) is 0 Å². The van der Waals surface area contributed by atoms with Gasteiger partial charge in [-0.3, -0.25) is 0 Å². The number of aromatic nitrogens is 2. The highest BCUT2D eigenvalue weighted by atomic mass is 15.0. The molecule has 0 unspecified atom stereocenters. The summed E-state index contributed by atoms with van der Waals surface area (Å²) in [7, 11) is 0. The van der Waals surface area contributed by atoms with Crippen molar-refractivity contribution in [3.05, 3.63) is 53.5 Å². The third kappa shape index (κ3) is 1.77. The average molecular weight is 185 g/mol. The highest BCUT2D eigenvalue weighted by Crippen LogP contribution is 2.13. The molecule has 0 aliphatic carbocycles. The van der Waals surface area contributed by atoms with Crippen LogP contribution in [-0.2, 0) is 6.54 Å². The molecule has 0 atom stereocenters. The van der Waals surface area contributed by atoms with Crippen LogP contribution in [-0.4, -0.2) is 9.55 Å². The molecule has 0 spiro atoms. The van der Waals surface area contributed by atoms with Crippen LogP contribution in [0.1, 0.15) is 5.56 Å². The number of hydrogen-bond acceptors (Lipinski definition) is 2. The third-order valence-corrected chi connectivity index (χ3v) is 1.98. The summed E-state index contributed by atoms with van der Waals surface area (Å²) >= 11 is 0. The highest BCUT2D eigenvalue weighted by molar-refractivity contribution is 5.44. The van der Waals surface area contributed by atoms with Crippen LogP contribution in [0.5, 0.6) is 0 Å². The van der Waals surface area contributed by atoms with Gasteiger partial charge in [0, 0.05) is 31.1 Å². The molecule has 1 aromatic heterocycles. The third-order valence-electron chi connectivity index (χ3n) is 1.98. The largest absolute Gasteiger partial charge is 0.385 e. The van der Waals surface area contributed by atoms with Crippen molar-refractivity contribution in [1.82, 2.24) is 9.55 Å². The summed E-state index contributed by atoms with van der Waals surface area (Å²) in [5.41, 5.74) is 1.72. The average Bonchev–Trinajstić information content (AvgIpc) is 2.72. The summed E-state index contributed by atoms with van der Waals surface area (Å²) in [5, 5.41) is 8.49. The Morgan fingerprint density at radius 3 is 2.64 bits per heavy atom. The summed E-state index contributed by atoms with van der Waals surface area (Å²) in [5.74, 6) is 0. The normalized spacial score (nSPS) is 9.64. The number of rotatable bonds is 2. The Balaban J connectivity index is 2.15. The number of benzene rings is 1. The minimum absolute atomic E-state index is 0.569. The zero-order chi connectivity index (χ0) is 9.80. The highest BCUT2D eigenvalue weighted by Gasteiger charge is 2.02. The Hall–Kier alpha value is -2.15. The van der Waals surface area contributed by atoms with E-state index in [9.17, 15) is 0 Å². The Morgan fingerprint density at radius 1 is 1.29 bits per heavy atom. The Kier molecular flexibility index (Phi) is 2.24. The molecule has 0 N–H and O–H groups in total. The van der Waals surface area contributed by atoms with Gasteiger partial charge in [0.15, 0.2) is 4.98 Å². The van der Waals surface area contributed by atoms with Gasteiger partial charge in [0.25, 0.3) is 0 Å². The van der Waals surface area contributed by atoms with Crippen LogP contribution in [0.3, 0.4) is 0 Å². The molecule has 14 heavy (non-hydrogen) atoms. The van der Waals surface area contributed by atoms with E-state index in [0.29, 0.717) is 5.69 Å². The lowest BCUT2D eigenvalue weighted by atomic mass is 10.2. The maximum Gasteiger partial charge on any atom is 0.385 e. The number of imidazole rings is 1. The van der Waals surface area contributed by atoms with Crippen molar-refractivity contribution in [3.63, 3.8) is 0 Å². The smallest absolute Gasteiger partial charge is 0.333 e. The lowest BCUT2D eigenvalue weighted by Gasteiger charge is -1.99. The summed E-state index contributed by atoms with van der Waals surface area (Å²) < 4.78 is 1.98. The molecule has 0 bridgehead atoms. The van der Waals surface area contributed by atoms with Gasteiger partial charge in [-0.05, 0) is 17.7 Å². The fourth-order valence-corrected chi connectivity index (χ4v) is 1.26. The van der Waals surface area contributed by atoms with Crippen LogP contribution in [0.15, 0.2) is 43.0 Å². The van der Waals surface area contributed by atoms with Crippen LogP contribution in [0.2, 0.25) is 0 Å². The lowest BCUT2D eigenvalue weighted by Crippen LogP contribution is -1.95. The summed E-state index contributed by atoms with van der Waals surface area (Å²) in [6, 6.07) is 7.39. The molecule has 1 aromatic carbocycles. The second-order valence-electron chi connectivity index (χ2n) is 3.00.